The molecule has 2 amide bonds. The summed E-state index contributed by atoms with van der Waals surface area (Å²) in [5, 5.41) is 5.36. The molecule has 1 aromatic carbocycles. The van der Waals surface area contributed by atoms with E-state index in [-0.39, 0.29) is 24.7 Å². The third kappa shape index (κ3) is 3.97. The van der Waals surface area contributed by atoms with Gasteiger partial charge in [0.05, 0.1) is 18.7 Å². The lowest BCUT2D eigenvalue weighted by Gasteiger charge is -2.23. The molecule has 0 aromatic heterocycles. The molecule has 7 nitrogen and oxygen atoms in total. The van der Waals surface area contributed by atoms with E-state index in [2.05, 4.69) is 10.6 Å². The molecule has 0 radical (unpaired) electrons. The van der Waals surface area contributed by atoms with Crippen molar-refractivity contribution in [1.29, 1.82) is 0 Å². The maximum atomic E-state index is 11.8. The maximum absolute atomic E-state index is 11.8. The summed E-state index contributed by atoms with van der Waals surface area (Å²) in [4.78, 5) is 34.5. The van der Waals surface area contributed by atoms with E-state index in [1.54, 1.807) is 32.0 Å². The van der Waals surface area contributed by atoms with Gasteiger partial charge in [0.1, 0.15) is 5.75 Å². The van der Waals surface area contributed by atoms with Crippen molar-refractivity contribution in [1.82, 2.24) is 0 Å². The van der Waals surface area contributed by atoms with E-state index in [1.165, 1.54) is 0 Å². The average molecular weight is 306 g/mol. The number of rotatable bonds is 5. The average Bonchev–Trinajstić information content (AvgIpc) is 2.47. The molecule has 7 heteroatoms. The van der Waals surface area contributed by atoms with Crippen molar-refractivity contribution in [2.75, 3.05) is 17.2 Å². The van der Waals surface area contributed by atoms with E-state index in [0.717, 1.165) is 0 Å². The fraction of sp³-hybridized carbons (Fsp3) is 0.400. The number of fused-ring (bicyclic) bond motifs is 1. The van der Waals surface area contributed by atoms with E-state index in [4.69, 9.17) is 9.47 Å². The van der Waals surface area contributed by atoms with Crippen LogP contribution >= 0.6 is 0 Å². The number of carbonyl (C=O) groups is 3. The molecule has 0 saturated carbocycles. The molecule has 1 aliphatic rings. The second-order valence-electron chi connectivity index (χ2n) is 4.81. The molecular weight excluding hydrogens is 288 g/mol. The molecule has 0 bridgehead atoms. The molecule has 0 spiro atoms. The van der Waals surface area contributed by atoms with Crippen molar-refractivity contribution in [3.63, 3.8) is 0 Å². The molecule has 2 rings (SSSR count). The Morgan fingerprint density at radius 2 is 2.14 bits per heavy atom. The highest BCUT2D eigenvalue weighted by molar-refractivity contribution is 5.99. The molecule has 0 aliphatic carbocycles. The summed E-state index contributed by atoms with van der Waals surface area (Å²) in [6.45, 7) is 3.66. The van der Waals surface area contributed by atoms with E-state index < -0.39 is 12.1 Å². The van der Waals surface area contributed by atoms with Crippen LogP contribution < -0.4 is 15.4 Å². The normalized spacial score (nSPS) is 16.1. The molecule has 118 valence electrons. The first-order valence-corrected chi connectivity index (χ1v) is 7.06. The molecule has 2 N–H and O–H groups in total. The highest BCUT2D eigenvalue weighted by Crippen LogP contribution is 2.32. The van der Waals surface area contributed by atoms with Crippen molar-refractivity contribution in [2.45, 2.75) is 32.8 Å². The second-order valence-corrected chi connectivity index (χ2v) is 4.81. The third-order valence-corrected chi connectivity index (χ3v) is 3.06. The summed E-state index contributed by atoms with van der Waals surface area (Å²) in [5.41, 5.74) is 1.03. The monoisotopic (exact) mass is 306 g/mol. The quantitative estimate of drug-likeness (QED) is 0.807. The van der Waals surface area contributed by atoms with Crippen molar-refractivity contribution in [3.8, 4) is 5.75 Å². The number of esters is 1. The first kappa shape index (κ1) is 15.8. The Morgan fingerprint density at radius 1 is 1.36 bits per heavy atom. The van der Waals surface area contributed by atoms with Gasteiger partial charge in [-0.2, -0.15) is 0 Å². The van der Waals surface area contributed by atoms with Gasteiger partial charge >= 0.3 is 5.97 Å². The number of hydrogen-bond acceptors (Lipinski definition) is 5. The Morgan fingerprint density at radius 3 is 2.86 bits per heavy atom. The zero-order chi connectivity index (χ0) is 16.1. The van der Waals surface area contributed by atoms with Crippen molar-refractivity contribution in [3.05, 3.63) is 18.2 Å². The third-order valence-electron chi connectivity index (χ3n) is 3.06. The lowest BCUT2D eigenvalue weighted by Crippen LogP contribution is -2.34. The molecule has 1 atom stereocenters. The largest absolute Gasteiger partial charge is 0.479 e. The molecule has 1 heterocycles. The van der Waals surface area contributed by atoms with E-state index in [1.807, 2.05) is 0 Å². The van der Waals surface area contributed by atoms with Gasteiger partial charge in [0.2, 0.25) is 5.91 Å². The highest BCUT2D eigenvalue weighted by Gasteiger charge is 2.23. The van der Waals surface area contributed by atoms with Gasteiger partial charge in [0.25, 0.3) is 5.91 Å². The molecule has 22 heavy (non-hydrogen) atoms. The Hall–Kier alpha value is -2.57. The van der Waals surface area contributed by atoms with Gasteiger partial charge in [-0.15, -0.1) is 0 Å². The van der Waals surface area contributed by atoms with Crippen LogP contribution in [0.3, 0.4) is 0 Å². The van der Waals surface area contributed by atoms with Crippen LogP contribution in [-0.4, -0.2) is 30.5 Å². The van der Waals surface area contributed by atoms with Crippen LogP contribution in [0.5, 0.6) is 5.75 Å². The maximum Gasteiger partial charge on any atom is 0.306 e. The highest BCUT2D eigenvalue weighted by atomic mass is 16.5. The van der Waals surface area contributed by atoms with Gasteiger partial charge in [-0.1, -0.05) is 0 Å². The number of amides is 2. The minimum atomic E-state index is -0.544. The Kier molecular flexibility index (Phi) is 4.98. The van der Waals surface area contributed by atoms with Gasteiger partial charge in [-0.3, -0.25) is 14.4 Å². The number of benzene rings is 1. The van der Waals surface area contributed by atoms with Crippen LogP contribution in [0.4, 0.5) is 11.4 Å². The Balaban J connectivity index is 1.94. The number of anilines is 2. The molecule has 0 saturated heterocycles. The minimum Gasteiger partial charge on any atom is -0.479 e. The predicted octanol–water partition coefficient (Wildman–Crippen LogP) is 1.69. The first-order valence-electron chi connectivity index (χ1n) is 7.06. The first-order chi connectivity index (χ1) is 10.5. The number of carbonyl (C=O) groups excluding carboxylic acids is 3. The summed E-state index contributed by atoms with van der Waals surface area (Å²) in [6.07, 6.45) is -0.477. The van der Waals surface area contributed by atoms with Gasteiger partial charge in [0.15, 0.2) is 6.10 Å². The lowest BCUT2D eigenvalue weighted by atomic mass is 10.2. The summed E-state index contributed by atoms with van der Waals surface area (Å²) >= 11 is 0. The number of ether oxygens (including phenoxy) is 2. The molecule has 1 aromatic rings. The van der Waals surface area contributed by atoms with Crippen LogP contribution in [0, 0.1) is 0 Å². The molecular formula is C15H18N2O5. The van der Waals surface area contributed by atoms with Crippen LogP contribution in [0.2, 0.25) is 0 Å². The second kappa shape index (κ2) is 6.93. The summed E-state index contributed by atoms with van der Waals surface area (Å²) in [6, 6.07) is 4.96. The van der Waals surface area contributed by atoms with Gasteiger partial charge in [-0.25, -0.2) is 0 Å². The Bertz CT molecular complexity index is 600. The van der Waals surface area contributed by atoms with Gasteiger partial charge < -0.3 is 20.1 Å². The van der Waals surface area contributed by atoms with Crippen LogP contribution in [-0.2, 0) is 19.1 Å². The fourth-order valence-electron chi connectivity index (χ4n) is 1.96. The predicted molar refractivity (Wildman–Crippen MR) is 79.7 cm³/mol. The van der Waals surface area contributed by atoms with E-state index in [9.17, 15) is 14.4 Å². The molecule has 1 aliphatic heterocycles. The van der Waals surface area contributed by atoms with E-state index >= 15 is 0 Å². The minimum absolute atomic E-state index is 0.0297. The van der Waals surface area contributed by atoms with Crippen LogP contribution in [0.25, 0.3) is 0 Å². The number of nitrogens with one attached hydrogen (secondary N) is 2. The zero-order valence-corrected chi connectivity index (χ0v) is 12.5. The SMILES string of the molecule is CCOC(=O)CCC(=O)Nc1ccc2c(c1)NC(=O)[C@@H](C)O2. The Labute approximate surface area is 128 Å². The van der Waals surface area contributed by atoms with Crippen LogP contribution in [0.1, 0.15) is 26.7 Å². The topological polar surface area (TPSA) is 93.7 Å². The van der Waals surface area contributed by atoms with Gasteiger partial charge in [0, 0.05) is 12.1 Å². The van der Waals surface area contributed by atoms with Crippen LogP contribution in [0.15, 0.2) is 18.2 Å². The summed E-state index contributed by atoms with van der Waals surface area (Å²) in [5.74, 6) is -0.392. The molecule has 0 unspecified atom stereocenters. The lowest BCUT2D eigenvalue weighted by molar-refractivity contribution is -0.144. The summed E-state index contributed by atoms with van der Waals surface area (Å²) in [7, 11) is 0. The number of hydrogen-bond donors (Lipinski definition) is 2. The summed E-state index contributed by atoms with van der Waals surface area (Å²) < 4.78 is 10.2. The van der Waals surface area contributed by atoms with Gasteiger partial charge in [-0.05, 0) is 32.0 Å². The molecule has 0 fully saturated rings. The van der Waals surface area contributed by atoms with Crippen molar-refractivity contribution >= 4 is 29.2 Å². The smallest absolute Gasteiger partial charge is 0.306 e. The van der Waals surface area contributed by atoms with Crippen molar-refractivity contribution < 1.29 is 23.9 Å². The van der Waals surface area contributed by atoms with E-state index in [0.29, 0.717) is 23.7 Å². The fourth-order valence-corrected chi connectivity index (χ4v) is 1.96. The van der Waals surface area contributed by atoms with Crippen molar-refractivity contribution in [2.24, 2.45) is 0 Å². The zero-order valence-electron chi connectivity index (χ0n) is 12.5. The standard InChI is InChI=1S/C15H18N2O5/c1-3-21-14(19)7-6-13(18)16-10-4-5-12-11(8-10)17-15(20)9(2)22-12/h4-5,8-9H,3,6-7H2,1-2H3,(H,16,18)(H,17,20)/t9-/m1/s1.